The Kier molecular flexibility index (Phi) is 8.08. The van der Waals surface area contributed by atoms with Gasteiger partial charge in [0.15, 0.2) is 5.78 Å². The van der Waals surface area contributed by atoms with Crippen molar-refractivity contribution in [1.29, 1.82) is 0 Å². The first-order chi connectivity index (χ1) is 17.0. The third kappa shape index (κ3) is 6.03. The molecule has 0 amide bonds. The molecule has 4 rings (SSSR count). The minimum absolute atomic E-state index is 0.128. The molecule has 0 aliphatic heterocycles. The minimum atomic E-state index is -0.541. The zero-order valence-corrected chi connectivity index (χ0v) is 21.3. The Morgan fingerprint density at radius 2 is 1.74 bits per heavy atom. The highest BCUT2D eigenvalue weighted by Crippen LogP contribution is 2.32. The van der Waals surface area contributed by atoms with Crippen molar-refractivity contribution in [3.63, 3.8) is 0 Å². The van der Waals surface area contributed by atoms with Crippen LogP contribution in [0, 0.1) is 0 Å². The molecule has 182 valence electrons. The van der Waals surface area contributed by atoms with Gasteiger partial charge in [0.2, 0.25) is 0 Å². The molecule has 7 heteroatoms. The van der Waals surface area contributed by atoms with Crippen LogP contribution in [-0.2, 0) is 4.74 Å². The van der Waals surface area contributed by atoms with E-state index in [9.17, 15) is 9.59 Å². The summed E-state index contributed by atoms with van der Waals surface area (Å²) in [5.41, 5.74) is 8.12. The Morgan fingerprint density at radius 3 is 2.43 bits per heavy atom. The van der Waals surface area contributed by atoms with Gasteiger partial charge >= 0.3 is 5.97 Å². The molecule has 6 nitrogen and oxygen atoms in total. The summed E-state index contributed by atoms with van der Waals surface area (Å²) in [6, 6.07) is 18.1. The topological polar surface area (TPSA) is 90.6 Å². The van der Waals surface area contributed by atoms with E-state index in [0.717, 1.165) is 30.2 Å². The number of carbonyl (C=O) groups is 2. The number of nitrogen functional groups attached to an aromatic ring is 1. The van der Waals surface area contributed by atoms with Crippen molar-refractivity contribution in [3.8, 4) is 11.5 Å². The van der Waals surface area contributed by atoms with E-state index in [0.29, 0.717) is 28.3 Å². The number of halogens is 1. The number of nitrogens with one attached hydrogen (secondary N) is 1. The van der Waals surface area contributed by atoms with Crippen molar-refractivity contribution in [2.75, 3.05) is 17.7 Å². The van der Waals surface area contributed by atoms with E-state index in [1.807, 2.05) is 24.3 Å². The molecule has 1 saturated carbocycles. The van der Waals surface area contributed by atoms with Crippen molar-refractivity contribution in [3.05, 3.63) is 81.8 Å². The van der Waals surface area contributed by atoms with Gasteiger partial charge in [-0.3, -0.25) is 4.79 Å². The normalized spacial score (nSPS) is 13.8. The summed E-state index contributed by atoms with van der Waals surface area (Å²) < 4.78 is 11.9. The van der Waals surface area contributed by atoms with E-state index < -0.39 is 5.97 Å². The number of ketones is 1. The van der Waals surface area contributed by atoms with Crippen LogP contribution >= 0.6 is 15.9 Å². The standard InChI is InChI=1S/C28H29BrN2O4/c1-2-34-28(33)23-15-16-24(31-20-8-4-3-5-9-20)25(26(23)30)27(32)18-11-13-21(14-12-18)35-22-10-6-7-19(29)17-22/h6-7,10-17,20,31H,2-5,8-9,30H2,1H3. The van der Waals surface area contributed by atoms with E-state index in [1.54, 1.807) is 43.3 Å². The summed E-state index contributed by atoms with van der Waals surface area (Å²) in [4.78, 5) is 26.1. The first kappa shape index (κ1) is 24.8. The van der Waals surface area contributed by atoms with Crippen molar-refractivity contribution < 1.29 is 19.1 Å². The fraction of sp³-hybridized carbons (Fsp3) is 0.286. The maximum absolute atomic E-state index is 13.7. The van der Waals surface area contributed by atoms with Gasteiger partial charge in [0, 0.05) is 21.8 Å². The minimum Gasteiger partial charge on any atom is -0.462 e. The second kappa shape index (κ2) is 11.4. The zero-order valence-electron chi connectivity index (χ0n) is 19.7. The lowest BCUT2D eigenvalue weighted by atomic mass is 9.93. The molecule has 1 aliphatic carbocycles. The molecule has 0 bridgehead atoms. The van der Waals surface area contributed by atoms with Gasteiger partial charge in [-0.2, -0.15) is 0 Å². The summed E-state index contributed by atoms with van der Waals surface area (Å²) in [6.45, 7) is 1.96. The average Bonchev–Trinajstić information content (AvgIpc) is 2.85. The molecule has 3 aromatic carbocycles. The number of ether oxygens (including phenoxy) is 2. The molecule has 1 aliphatic rings. The fourth-order valence-corrected chi connectivity index (χ4v) is 4.70. The highest BCUT2D eigenvalue weighted by Gasteiger charge is 2.25. The Balaban J connectivity index is 1.64. The number of rotatable bonds is 8. The van der Waals surface area contributed by atoms with E-state index >= 15 is 0 Å². The first-order valence-electron chi connectivity index (χ1n) is 11.9. The summed E-state index contributed by atoms with van der Waals surface area (Å²) in [5, 5.41) is 3.51. The Bertz CT molecular complexity index is 1200. The fourth-order valence-electron chi connectivity index (χ4n) is 4.32. The Hall–Kier alpha value is -3.32. The van der Waals surface area contributed by atoms with Crippen molar-refractivity contribution in [2.24, 2.45) is 0 Å². The van der Waals surface area contributed by atoms with E-state index in [1.165, 1.54) is 6.42 Å². The van der Waals surface area contributed by atoms with Crippen LogP contribution in [-0.4, -0.2) is 24.4 Å². The molecule has 3 N–H and O–H groups in total. The van der Waals surface area contributed by atoms with Gasteiger partial charge in [-0.15, -0.1) is 0 Å². The van der Waals surface area contributed by atoms with Gasteiger partial charge in [0.1, 0.15) is 11.5 Å². The average molecular weight is 537 g/mol. The lowest BCUT2D eigenvalue weighted by molar-refractivity contribution is 0.0527. The predicted octanol–water partition coefficient (Wildman–Crippen LogP) is 6.98. The van der Waals surface area contributed by atoms with E-state index in [4.69, 9.17) is 15.2 Å². The largest absolute Gasteiger partial charge is 0.462 e. The predicted molar refractivity (Wildman–Crippen MR) is 141 cm³/mol. The number of carbonyl (C=O) groups excluding carboxylic acids is 2. The van der Waals surface area contributed by atoms with Gasteiger partial charge in [0.05, 0.1) is 23.4 Å². The number of nitrogens with two attached hydrogens (primary N) is 1. The van der Waals surface area contributed by atoms with Crippen LogP contribution in [0.1, 0.15) is 65.3 Å². The van der Waals surface area contributed by atoms with Crippen molar-refractivity contribution in [1.82, 2.24) is 0 Å². The number of hydrogen-bond donors (Lipinski definition) is 2. The molecule has 0 spiro atoms. The number of benzene rings is 3. The SMILES string of the molecule is CCOC(=O)c1ccc(NC2CCCCC2)c(C(=O)c2ccc(Oc3cccc(Br)c3)cc2)c1N. The van der Waals surface area contributed by atoms with Gasteiger partial charge in [-0.1, -0.05) is 41.3 Å². The van der Waals surface area contributed by atoms with Crippen LogP contribution in [0.4, 0.5) is 11.4 Å². The quantitative estimate of drug-likeness (QED) is 0.183. The number of esters is 1. The molecule has 35 heavy (non-hydrogen) atoms. The first-order valence-corrected chi connectivity index (χ1v) is 12.7. The maximum atomic E-state index is 13.7. The van der Waals surface area contributed by atoms with Crippen LogP contribution in [0.5, 0.6) is 11.5 Å². The maximum Gasteiger partial charge on any atom is 0.340 e. The molecular formula is C28H29BrN2O4. The van der Waals surface area contributed by atoms with Crippen LogP contribution in [0.3, 0.4) is 0 Å². The molecule has 0 heterocycles. The van der Waals surface area contributed by atoms with E-state index in [2.05, 4.69) is 21.2 Å². The smallest absolute Gasteiger partial charge is 0.340 e. The second-order valence-corrected chi connectivity index (χ2v) is 9.48. The highest BCUT2D eigenvalue weighted by molar-refractivity contribution is 9.10. The lowest BCUT2D eigenvalue weighted by Gasteiger charge is -2.26. The Morgan fingerprint density at radius 1 is 1.00 bits per heavy atom. The van der Waals surface area contributed by atoms with Gasteiger partial charge in [0.25, 0.3) is 0 Å². The van der Waals surface area contributed by atoms with Gasteiger partial charge in [-0.25, -0.2) is 4.79 Å². The summed E-state index contributed by atoms with van der Waals surface area (Å²) >= 11 is 3.43. The monoisotopic (exact) mass is 536 g/mol. The summed E-state index contributed by atoms with van der Waals surface area (Å²) in [5.74, 6) is 0.485. The molecule has 0 unspecified atom stereocenters. The van der Waals surface area contributed by atoms with Crippen LogP contribution in [0.2, 0.25) is 0 Å². The zero-order chi connectivity index (χ0) is 24.8. The number of anilines is 2. The van der Waals surface area contributed by atoms with E-state index in [-0.39, 0.29) is 29.7 Å². The van der Waals surface area contributed by atoms with Crippen LogP contribution in [0.25, 0.3) is 0 Å². The van der Waals surface area contributed by atoms with Gasteiger partial charge < -0.3 is 20.5 Å². The van der Waals surface area contributed by atoms with Crippen molar-refractivity contribution in [2.45, 2.75) is 45.1 Å². The van der Waals surface area contributed by atoms with Crippen molar-refractivity contribution >= 4 is 39.1 Å². The molecule has 3 aromatic rings. The van der Waals surface area contributed by atoms with Crippen LogP contribution < -0.4 is 15.8 Å². The second-order valence-electron chi connectivity index (χ2n) is 8.56. The summed E-state index contributed by atoms with van der Waals surface area (Å²) in [6.07, 6.45) is 5.60. The molecule has 1 fully saturated rings. The van der Waals surface area contributed by atoms with Gasteiger partial charge in [-0.05, 0) is 74.4 Å². The third-order valence-corrected chi connectivity index (χ3v) is 6.57. The molecule has 0 radical (unpaired) electrons. The highest BCUT2D eigenvalue weighted by atomic mass is 79.9. The van der Waals surface area contributed by atoms with Crippen LogP contribution in [0.15, 0.2) is 65.1 Å². The number of hydrogen-bond acceptors (Lipinski definition) is 6. The summed E-state index contributed by atoms with van der Waals surface area (Å²) in [7, 11) is 0. The molecular weight excluding hydrogens is 508 g/mol. The Labute approximate surface area is 213 Å². The molecule has 0 atom stereocenters. The lowest BCUT2D eigenvalue weighted by Crippen LogP contribution is -2.24. The molecule has 0 saturated heterocycles. The third-order valence-electron chi connectivity index (χ3n) is 6.08. The molecule has 0 aromatic heterocycles.